The van der Waals surface area contributed by atoms with E-state index in [-0.39, 0.29) is 36.6 Å². The summed E-state index contributed by atoms with van der Waals surface area (Å²) in [6.07, 6.45) is -3.83. The van der Waals surface area contributed by atoms with Gasteiger partial charge in [0.2, 0.25) is 11.3 Å². The molecule has 0 saturated carbocycles. The highest BCUT2D eigenvalue weighted by atomic mass is 32.1. The van der Waals surface area contributed by atoms with Crippen LogP contribution in [0.1, 0.15) is 12.0 Å². The molecule has 2 aromatic rings. The van der Waals surface area contributed by atoms with Gasteiger partial charge in [0.1, 0.15) is 16.9 Å². The van der Waals surface area contributed by atoms with Gasteiger partial charge in [0, 0.05) is 6.42 Å². The van der Waals surface area contributed by atoms with Crippen LogP contribution in [-0.4, -0.2) is 42.6 Å². The molecule has 1 saturated heterocycles. The van der Waals surface area contributed by atoms with Crippen LogP contribution < -0.4 is 26.7 Å². The van der Waals surface area contributed by atoms with Gasteiger partial charge in [0.25, 0.3) is 6.43 Å². The highest BCUT2D eigenvalue weighted by Gasteiger charge is 2.33. The number of hydrogen-bond acceptors (Lipinski definition) is 6. The van der Waals surface area contributed by atoms with Crippen molar-refractivity contribution in [2.45, 2.75) is 25.4 Å². The summed E-state index contributed by atoms with van der Waals surface area (Å²) in [5, 5.41) is 5.06. The maximum absolute atomic E-state index is 14.8. The standard InChI is InChI=1S/C22H21F3N4O4S/c23-15-9-13(29-11-14(33-22(29)32)10-27-21(34)20(24)25)4-6-16(15)28-17-5-1-12(2-7-18(17)30)3-8-19(26)31/h1-2,4-7,9,14,20H,3,8,10-11H2,(H2,26,31)(H,27,34)(H,28,30)/t14-/m0/s1. The van der Waals surface area contributed by atoms with Crippen LogP contribution in [0.2, 0.25) is 0 Å². The summed E-state index contributed by atoms with van der Waals surface area (Å²) in [6.45, 7) is -0.0938. The molecule has 2 amide bonds. The summed E-state index contributed by atoms with van der Waals surface area (Å²) < 4.78 is 44.8. The lowest BCUT2D eigenvalue weighted by atomic mass is 10.1. The molecule has 0 radical (unpaired) electrons. The molecule has 1 fully saturated rings. The van der Waals surface area contributed by atoms with Gasteiger partial charge in [-0.05, 0) is 42.3 Å². The molecule has 1 heterocycles. The number of nitrogens with zero attached hydrogens (tertiary/aromatic N) is 1. The lowest BCUT2D eigenvalue weighted by Gasteiger charge is -2.15. The number of benzene rings is 1. The van der Waals surface area contributed by atoms with Crippen LogP contribution in [0.4, 0.5) is 35.0 Å². The molecule has 0 bridgehead atoms. The minimum absolute atomic E-state index is 0.00111. The molecule has 1 aliphatic heterocycles. The van der Waals surface area contributed by atoms with Crippen molar-refractivity contribution in [3.63, 3.8) is 0 Å². The number of cyclic esters (lactones) is 1. The Morgan fingerprint density at radius 2 is 1.88 bits per heavy atom. The van der Waals surface area contributed by atoms with Crippen molar-refractivity contribution in [3.05, 3.63) is 64.1 Å². The number of nitrogens with two attached hydrogens (primary N) is 1. The first kappa shape index (κ1) is 25.0. The Balaban J connectivity index is 1.69. The number of nitrogens with one attached hydrogen (secondary N) is 2. The summed E-state index contributed by atoms with van der Waals surface area (Å²) >= 11 is 4.48. The molecule has 8 nitrogen and oxygen atoms in total. The van der Waals surface area contributed by atoms with Gasteiger partial charge in [-0.25, -0.2) is 18.0 Å². The molecule has 2 aromatic carbocycles. The zero-order valence-corrected chi connectivity index (χ0v) is 18.5. The minimum Gasteiger partial charge on any atom is -0.442 e. The number of rotatable bonds is 9. The topological polar surface area (TPSA) is 114 Å². The normalized spacial score (nSPS) is 15.2. The number of aryl methyl sites for hydroxylation is 1. The van der Waals surface area contributed by atoms with E-state index in [1.807, 2.05) is 0 Å². The Labute approximate surface area is 197 Å². The number of ether oxygens (including phenoxy) is 1. The second-order valence-corrected chi connectivity index (χ2v) is 7.88. The van der Waals surface area contributed by atoms with Gasteiger partial charge in [0.05, 0.1) is 30.2 Å². The number of carbonyl (C=O) groups excluding carboxylic acids is 2. The van der Waals surface area contributed by atoms with E-state index in [1.165, 1.54) is 24.3 Å². The Morgan fingerprint density at radius 1 is 1.18 bits per heavy atom. The average molecular weight is 494 g/mol. The zero-order valence-electron chi connectivity index (χ0n) is 17.7. The van der Waals surface area contributed by atoms with E-state index in [0.29, 0.717) is 12.0 Å². The highest BCUT2D eigenvalue weighted by molar-refractivity contribution is 7.80. The summed E-state index contributed by atoms with van der Waals surface area (Å²) in [7, 11) is 0. The van der Waals surface area contributed by atoms with Crippen molar-refractivity contribution in [1.82, 2.24) is 5.32 Å². The molecule has 4 N–H and O–H groups in total. The third kappa shape index (κ3) is 6.44. The van der Waals surface area contributed by atoms with Crippen LogP contribution in [0, 0.1) is 5.82 Å². The molecule has 180 valence electrons. The summed E-state index contributed by atoms with van der Waals surface area (Å²) in [5.41, 5.74) is 5.76. The number of amides is 2. The summed E-state index contributed by atoms with van der Waals surface area (Å²) in [6, 6.07) is 9.88. The van der Waals surface area contributed by atoms with Crippen LogP contribution in [-0.2, 0) is 16.0 Å². The minimum atomic E-state index is -2.82. The number of carbonyl (C=O) groups is 2. The Hall–Kier alpha value is -3.67. The quantitative estimate of drug-likeness (QED) is 0.460. The Bertz CT molecular complexity index is 1170. The maximum atomic E-state index is 14.8. The Kier molecular flexibility index (Phi) is 8.05. The molecular formula is C22H21F3N4O4S. The van der Waals surface area contributed by atoms with Gasteiger partial charge in [-0.15, -0.1) is 0 Å². The van der Waals surface area contributed by atoms with Crippen LogP contribution in [0.25, 0.3) is 0 Å². The summed E-state index contributed by atoms with van der Waals surface area (Å²) in [4.78, 5) is 35.9. The largest absolute Gasteiger partial charge is 0.442 e. The van der Waals surface area contributed by atoms with Crippen LogP contribution in [0.15, 0.2) is 47.3 Å². The number of thiocarbonyl (C=S) groups is 1. The predicted molar refractivity (Wildman–Crippen MR) is 124 cm³/mol. The molecular weight excluding hydrogens is 473 g/mol. The van der Waals surface area contributed by atoms with Crippen LogP contribution >= 0.6 is 12.2 Å². The molecule has 3 rings (SSSR count). The van der Waals surface area contributed by atoms with Crippen molar-refractivity contribution >= 4 is 46.3 Å². The first-order valence-corrected chi connectivity index (χ1v) is 10.6. The number of alkyl halides is 2. The Morgan fingerprint density at radius 3 is 2.56 bits per heavy atom. The van der Waals surface area contributed by atoms with Gasteiger partial charge in [-0.1, -0.05) is 24.4 Å². The third-order valence-electron chi connectivity index (χ3n) is 4.95. The fourth-order valence-corrected chi connectivity index (χ4v) is 3.27. The van der Waals surface area contributed by atoms with E-state index in [4.69, 9.17) is 10.5 Å². The number of hydrogen-bond donors (Lipinski definition) is 3. The SMILES string of the molecule is NC(=O)CCc1ccc(Nc2ccc(N3C[C@H](CNC(=S)C(F)F)OC3=O)cc2F)c(=O)cc1. The fraction of sp³-hybridized carbons (Fsp3) is 0.273. The van der Waals surface area contributed by atoms with E-state index < -0.39 is 40.8 Å². The van der Waals surface area contributed by atoms with Crippen molar-refractivity contribution in [3.8, 4) is 0 Å². The zero-order chi connectivity index (χ0) is 24.8. The van der Waals surface area contributed by atoms with E-state index in [2.05, 4.69) is 22.9 Å². The molecule has 0 unspecified atom stereocenters. The average Bonchev–Trinajstić information content (AvgIpc) is 3.07. The number of halogens is 3. The van der Waals surface area contributed by atoms with Gasteiger partial charge in [-0.2, -0.15) is 0 Å². The number of primary amides is 1. The van der Waals surface area contributed by atoms with Crippen molar-refractivity contribution in [1.29, 1.82) is 0 Å². The van der Waals surface area contributed by atoms with Gasteiger partial charge in [0.15, 0.2) is 0 Å². The van der Waals surface area contributed by atoms with E-state index in [9.17, 15) is 27.6 Å². The van der Waals surface area contributed by atoms with Gasteiger partial charge in [-0.3, -0.25) is 14.5 Å². The molecule has 0 aromatic heterocycles. The molecule has 0 spiro atoms. The van der Waals surface area contributed by atoms with Crippen molar-refractivity contribution in [2.75, 3.05) is 23.3 Å². The van der Waals surface area contributed by atoms with Gasteiger partial charge < -0.3 is 21.1 Å². The van der Waals surface area contributed by atoms with Gasteiger partial charge >= 0.3 is 6.09 Å². The lowest BCUT2D eigenvalue weighted by Crippen LogP contribution is -2.36. The second kappa shape index (κ2) is 11.0. The third-order valence-corrected chi connectivity index (χ3v) is 5.27. The second-order valence-electron chi connectivity index (χ2n) is 7.44. The summed E-state index contributed by atoms with van der Waals surface area (Å²) in [5.74, 6) is -1.19. The molecule has 1 atom stereocenters. The first-order chi connectivity index (χ1) is 16.1. The molecule has 0 aliphatic carbocycles. The monoisotopic (exact) mass is 494 g/mol. The predicted octanol–water partition coefficient (Wildman–Crippen LogP) is 2.85. The lowest BCUT2D eigenvalue weighted by molar-refractivity contribution is -0.117. The van der Waals surface area contributed by atoms with Crippen LogP contribution in [0.3, 0.4) is 0 Å². The maximum Gasteiger partial charge on any atom is 0.414 e. The van der Waals surface area contributed by atoms with E-state index >= 15 is 0 Å². The highest BCUT2D eigenvalue weighted by Crippen LogP contribution is 2.27. The molecule has 12 heteroatoms. The smallest absolute Gasteiger partial charge is 0.414 e. The van der Waals surface area contributed by atoms with Crippen molar-refractivity contribution in [2.24, 2.45) is 5.73 Å². The number of anilines is 3. The van der Waals surface area contributed by atoms with E-state index in [1.54, 1.807) is 12.1 Å². The fourth-order valence-electron chi connectivity index (χ4n) is 3.19. The molecule has 34 heavy (non-hydrogen) atoms. The van der Waals surface area contributed by atoms with Crippen LogP contribution in [0.5, 0.6) is 0 Å². The van der Waals surface area contributed by atoms with E-state index in [0.717, 1.165) is 11.0 Å². The first-order valence-electron chi connectivity index (χ1n) is 10.2. The van der Waals surface area contributed by atoms with Crippen molar-refractivity contribution < 1.29 is 27.5 Å². The molecule has 1 aliphatic rings.